The molecule has 0 radical (unpaired) electrons. The van der Waals surface area contributed by atoms with Gasteiger partial charge in [-0.1, -0.05) is 0 Å². The number of likely N-dealkylation sites (N-methyl/N-ethyl adjacent to an activating group) is 3. The van der Waals surface area contributed by atoms with E-state index in [4.69, 9.17) is 5.73 Å². The molecular weight excluding hydrogens is 240 g/mol. The van der Waals surface area contributed by atoms with Crippen LogP contribution in [-0.4, -0.2) is 68.1 Å². The van der Waals surface area contributed by atoms with E-state index in [2.05, 4.69) is 29.2 Å². The van der Waals surface area contributed by atoms with Crippen molar-refractivity contribution in [1.29, 1.82) is 0 Å². The molecule has 0 bridgehead atoms. The highest BCUT2D eigenvalue weighted by Gasteiger charge is 2.28. The molecule has 0 saturated carbocycles. The second-order valence-corrected chi connectivity index (χ2v) is 6.09. The van der Waals surface area contributed by atoms with E-state index in [1.807, 2.05) is 6.92 Å². The largest absolute Gasteiger partial charge is 0.368 e. The number of carbonyl (C=O) groups excluding carboxylic acids is 1. The van der Waals surface area contributed by atoms with E-state index in [9.17, 15) is 4.79 Å². The quantitative estimate of drug-likeness (QED) is 0.696. The molecule has 3 N–H and O–H groups in total. The average molecular weight is 270 g/mol. The second kappa shape index (κ2) is 7.22. The van der Waals surface area contributed by atoms with E-state index in [0.717, 1.165) is 25.9 Å². The lowest BCUT2D eigenvalue weighted by molar-refractivity contribution is -0.123. The van der Waals surface area contributed by atoms with Crippen molar-refractivity contribution in [1.82, 2.24) is 15.1 Å². The summed E-state index contributed by atoms with van der Waals surface area (Å²) in [6.45, 7) is 5.26. The summed E-state index contributed by atoms with van der Waals surface area (Å²) in [7, 11) is 6.17. The lowest BCUT2D eigenvalue weighted by Crippen LogP contribution is -2.52. The summed E-state index contributed by atoms with van der Waals surface area (Å²) < 4.78 is 0. The highest BCUT2D eigenvalue weighted by molar-refractivity contribution is 5.84. The number of carbonyl (C=O) groups is 1. The zero-order chi connectivity index (χ0) is 14.5. The minimum Gasteiger partial charge on any atom is -0.368 e. The van der Waals surface area contributed by atoms with Gasteiger partial charge < -0.3 is 20.9 Å². The standard InChI is InChI=1S/C14H30N4O/c1-14(16-2,13(15)19)8-6-10-18(4)12-7-5-9-17(3)11-12/h12,16H,5-11H2,1-4H3,(H2,15,19). The van der Waals surface area contributed by atoms with Gasteiger partial charge in [-0.2, -0.15) is 0 Å². The number of hydrogen-bond acceptors (Lipinski definition) is 4. The number of hydrogen-bond donors (Lipinski definition) is 2. The molecule has 0 aliphatic carbocycles. The van der Waals surface area contributed by atoms with E-state index in [0.29, 0.717) is 6.04 Å². The number of nitrogens with zero attached hydrogens (tertiary/aromatic N) is 2. The minimum absolute atomic E-state index is 0.268. The molecule has 1 aliphatic rings. The predicted octanol–water partition coefficient (Wildman–Crippen LogP) is 0.256. The van der Waals surface area contributed by atoms with Crippen LogP contribution in [0.3, 0.4) is 0 Å². The van der Waals surface area contributed by atoms with Gasteiger partial charge in [-0.05, 0) is 66.8 Å². The summed E-state index contributed by atoms with van der Waals surface area (Å²) in [5.74, 6) is -0.268. The van der Waals surface area contributed by atoms with E-state index >= 15 is 0 Å². The molecule has 5 heteroatoms. The summed E-state index contributed by atoms with van der Waals surface area (Å²) in [5.41, 5.74) is 4.86. The number of amides is 1. The van der Waals surface area contributed by atoms with Gasteiger partial charge in [0.2, 0.25) is 5.91 Å². The monoisotopic (exact) mass is 270 g/mol. The van der Waals surface area contributed by atoms with Crippen LogP contribution in [0.25, 0.3) is 0 Å². The van der Waals surface area contributed by atoms with Gasteiger partial charge in [-0.25, -0.2) is 0 Å². The molecule has 0 aromatic rings. The molecule has 0 spiro atoms. The zero-order valence-corrected chi connectivity index (χ0v) is 12.9. The molecule has 0 aromatic carbocycles. The van der Waals surface area contributed by atoms with Crippen LogP contribution in [-0.2, 0) is 4.79 Å². The SMILES string of the molecule is CNC(C)(CCCN(C)C1CCCN(C)C1)C(N)=O. The Labute approximate surface area is 117 Å². The maximum atomic E-state index is 11.4. The van der Waals surface area contributed by atoms with Gasteiger partial charge in [-0.15, -0.1) is 0 Å². The van der Waals surface area contributed by atoms with Crippen LogP contribution in [0.15, 0.2) is 0 Å². The van der Waals surface area contributed by atoms with E-state index in [-0.39, 0.29) is 5.91 Å². The van der Waals surface area contributed by atoms with Crippen molar-refractivity contribution in [3.8, 4) is 0 Å². The maximum Gasteiger partial charge on any atom is 0.237 e. The Bertz CT molecular complexity index is 297. The molecule has 5 nitrogen and oxygen atoms in total. The summed E-state index contributed by atoms with van der Waals surface area (Å²) >= 11 is 0. The molecule has 1 heterocycles. The number of piperidine rings is 1. The zero-order valence-electron chi connectivity index (χ0n) is 12.9. The van der Waals surface area contributed by atoms with Crippen LogP contribution in [0.4, 0.5) is 0 Å². The van der Waals surface area contributed by atoms with Gasteiger partial charge in [0.05, 0.1) is 5.54 Å². The first-order chi connectivity index (χ1) is 8.89. The number of rotatable bonds is 7. The van der Waals surface area contributed by atoms with E-state index < -0.39 is 5.54 Å². The number of likely N-dealkylation sites (tertiary alicyclic amines) is 1. The summed E-state index contributed by atoms with van der Waals surface area (Å²) in [6, 6.07) is 0.646. The van der Waals surface area contributed by atoms with Crippen LogP contribution >= 0.6 is 0 Å². The molecule has 1 rings (SSSR count). The normalized spacial score (nSPS) is 24.4. The van der Waals surface area contributed by atoms with Gasteiger partial charge in [0.25, 0.3) is 0 Å². The first-order valence-corrected chi connectivity index (χ1v) is 7.26. The first kappa shape index (κ1) is 16.4. The first-order valence-electron chi connectivity index (χ1n) is 7.26. The molecule has 112 valence electrons. The average Bonchev–Trinajstić information content (AvgIpc) is 2.38. The van der Waals surface area contributed by atoms with Crippen molar-refractivity contribution in [3.05, 3.63) is 0 Å². The molecule has 1 saturated heterocycles. The third kappa shape index (κ3) is 4.75. The molecule has 1 fully saturated rings. The Balaban J connectivity index is 2.33. The molecule has 1 amide bonds. The number of primary amides is 1. The molecule has 2 atom stereocenters. The fraction of sp³-hybridized carbons (Fsp3) is 0.929. The third-order valence-electron chi connectivity index (χ3n) is 4.51. The fourth-order valence-electron chi connectivity index (χ4n) is 2.73. The van der Waals surface area contributed by atoms with Crippen LogP contribution in [0.5, 0.6) is 0 Å². The molecule has 0 aromatic heterocycles. The van der Waals surface area contributed by atoms with Crippen molar-refractivity contribution in [3.63, 3.8) is 0 Å². The van der Waals surface area contributed by atoms with E-state index in [1.165, 1.54) is 19.4 Å². The lowest BCUT2D eigenvalue weighted by Gasteiger charge is -2.36. The van der Waals surface area contributed by atoms with Crippen molar-refractivity contribution >= 4 is 5.91 Å². The van der Waals surface area contributed by atoms with Gasteiger partial charge in [-0.3, -0.25) is 4.79 Å². The van der Waals surface area contributed by atoms with Gasteiger partial charge in [0.15, 0.2) is 0 Å². The Kier molecular flexibility index (Phi) is 6.23. The minimum atomic E-state index is -0.579. The van der Waals surface area contributed by atoms with Gasteiger partial charge >= 0.3 is 0 Å². The highest BCUT2D eigenvalue weighted by Crippen LogP contribution is 2.16. The summed E-state index contributed by atoms with van der Waals surface area (Å²) in [4.78, 5) is 16.2. The van der Waals surface area contributed by atoms with Crippen molar-refractivity contribution < 1.29 is 4.79 Å². The Morgan fingerprint density at radius 1 is 1.58 bits per heavy atom. The number of nitrogens with two attached hydrogens (primary N) is 1. The van der Waals surface area contributed by atoms with Gasteiger partial charge in [0, 0.05) is 12.6 Å². The van der Waals surface area contributed by atoms with Crippen LogP contribution in [0.1, 0.15) is 32.6 Å². The van der Waals surface area contributed by atoms with Crippen molar-refractivity contribution in [2.24, 2.45) is 5.73 Å². The third-order valence-corrected chi connectivity index (χ3v) is 4.51. The molecule has 1 aliphatic heterocycles. The molecule has 19 heavy (non-hydrogen) atoms. The number of nitrogens with one attached hydrogen (secondary N) is 1. The Hall–Kier alpha value is -0.650. The Morgan fingerprint density at radius 3 is 2.79 bits per heavy atom. The lowest BCUT2D eigenvalue weighted by atomic mass is 9.95. The van der Waals surface area contributed by atoms with Crippen LogP contribution < -0.4 is 11.1 Å². The fourth-order valence-corrected chi connectivity index (χ4v) is 2.73. The summed E-state index contributed by atoms with van der Waals surface area (Å²) in [6.07, 6.45) is 4.32. The maximum absolute atomic E-state index is 11.4. The Morgan fingerprint density at radius 2 is 2.26 bits per heavy atom. The van der Waals surface area contributed by atoms with Gasteiger partial charge in [0.1, 0.15) is 0 Å². The van der Waals surface area contributed by atoms with E-state index in [1.54, 1.807) is 7.05 Å². The molecule has 2 unspecified atom stereocenters. The van der Waals surface area contributed by atoms with Crippen LogP contribution in [0, 0.1) is 0 Å². The summed E-state index contributed by atoms with van der Waals surface area (Å²) in [5, 5.41) is 3.04. The van der Waals surface area contributed by atoms with Crippen LogP contribution in [0.2, 0.25) is 0 Å². The van der Waals surface area contributed by atoms with Crippen molar-refractivity contribution in [2.45, 2.75) is 44.2 Å². The topological polar surface area (TPSA) is 61.6 Å². The smallest absolute Gasteiger partial charge is 0.237 e. The second-order valence-electron chi connectivity index (χ2n) is 6.09. The molecular formula is C14H30N4O. The predicted molar refractivity (Wildman–Crippen MR) is 79.0 cm³/mol. The highest BCUT2D eigenvalue weighted by atomic mass is 16.1. The van der Waals surface area contributed by atoms with Crippen molar-refractivity contribution in [2.75, 3.05) is 40.8 Å².